The van der Waals surface area contributed by atoms with Crippen LogP contribution in [0.25, 0.3) is 0 Å². The smallest absolute Gasteiger partial charge is 0.318 e. The van der Waals surface area contributed by atoms with E-state index in [4.69, 9.17) is 5.73 Å². The summed E-state index contributed by atoms with van der Waals surface area (Å²) in [5, 5.41) is 5.63. The highest BCUT2D eigenvalue weighted by Gasteiger charge is 2.13. The second-order valence-electron chi connectivity index (χ2n) is 3.53. The van der Waals surface area contributed by atoms with Crippen molar-refractivity contribution in [1.82, 2.24) is 10.6 Å². The van der Waals surface area contributed by atoms with Gasteiger partial charge in [0.25, 0.3) is 0 Å². The molecule has 1 atom stereocenters. The summed E-state index contributed by atoms with van der Waals surface area (Å²) in [6, 6.07) is -0.797. The van der Waals surface area contributed by atoms with Crippen molar-refractivity contribution in [2.24, 2.45) is 5.73 Å². The van der Waals surface area contributed by atoms with Gasteiger partial charge in [0, 0.05) is 11.8 Å². The molecule has 1 aliphatic heterocycles. The van der Waals surface area contributed by atoms with Crippen molar-refractivity contribution < 1.29 is 9.59 Å². The Balaban J connectivity index is 2.04. The Kier molecular flexibility index (Phi) is 5.49. The number of imide groups is 1. The first-order valence-corrected chi connectivity index (χ1v) is 6.15. The van der Waals surface area contributed by atoms with E-state index >= 15 is 0 Å². The van der Waals surface area contributed by atoms with Crippen LogP contribution in [0.2, 0.25) is 0 Å². The zero-order chi connectivity index (χ0) is 11.1. The van der Waals surface area contributed by atoms with Gasteiger partial charge in [0.1, 0.15) is 0 Å². The molecule has 0 aliphatic carbocycles. The normalized spacial score (nSPS) is 20.9. The summed E-state index contributed by atoms with van der Waals surface area (Å²) in [5.41, 5.74) is 4.81. The predicted octanol–water partition coefficient (Wildman–Crippen LogP) is 0.0566. The maximum absolute atomic E-state index is 11.0. The van der Waals surface area contributed by atoms with Gasteiger partial charge in [-0.25, -0.2) is 4.79 Å². The summed E-state index contributed by atoms with van der Waals surface area (Å²) in [4.78, 5) is 21.3. The molecule has 1 heterocycles. The Morgan fingerprint density at radius 1 is 1.40 bits per heavy atom. The maximum Gasteiger partial charge on any atom is 0.318 e. The largest absolute Gasteiger partial charge is 0.351 e. The maximum atomic E-state index is 11.0. The van der Waals surface area contributed by atoms with E-state index in [1.165, 1.54) is 25.0 Å². The number of carbonyl (C=O) groups is 2. The van der Waals surface area contributed by atoms with Crippen molar-refractivity contribution in [1.29, 1.82) is 0 Å². The quantitative estimate of drug-likeness (QED) is 0.638. The molecule has 0 aromatic heterocycles. The predicted molar refractivity (Wildman–Crippen MR) is 60.7 cm³/mol. The van der Waals surface area contributed by atoms with Crippen molar-refractivity contribution in [2.45, 2.75) is 24.5 Å². The number of nitrogens with one attached hydrogen (secondary N) is 2. The van der Waals surface area contributed by atoms with Crippen LogP contribution in [0.4, 0.5) is 4.79 Å². The minimum atomic E-state index is -0.797. The van der Waals surface area contributed by atoms with E-state index in [2.05, 4.69) is 5.32 Å². The van der Waals surface area contributed by atoms with Gasteiger partial charge in [0.15, 0.2) is 0 Å². The van der Waals surface area contributed by atoms with Gasteiger partial charge in [-0.3, -0.25) is 10.1 Å². The van der Waals surface area contributed by atoms with Crippen molar-refractivity contribution in [3.05, 3.63) is 0 Å². The van der Waals surface area contributed by atoms with E-state index in [1.807, 2.05) is 17.1 Å². The average Bonchev–Trinajstić information content (AvgIpc) is 2.18. The number of hydrogen-bond acceptors (Lipinski definition) is 4. The number of primary amides is 1. The molecule has 0 aromatic carbocycles. The highest BCUT2D eigenvalue weighted by molar-refractivity contribution is 7.99. The van der Waals surface area contributed by atoms with Crippen LogP contribution < -0.4 is 16.4 Å². The molecule has 4 N–H and O–H groups in total. The molecule has 0 spiro atoms. The van der Waals surface area contributed by atoms with E-state index < -0.39 is 6.03 Å². The van der Waals surface area contributed by atoms with E-state index in [0.717, 1.165) is 6.54 Å². The lowest BCUT2D eigenvalue weighted by Gasteiger charge is -2.21. The van der Waals surface area contributed by atoms with E-state index in [9.17, 15) is 9.59 Å². The van der Waals surface area contributed by atoms with Gasteiger partial charge in [0.2, 0.25) is 5.91 Å². The molecule has 0 bridgehead atoms. The van der Waals surface area contributed by atoms with Gasteiger partial charge >= 0.3 is 6.03 Å². The minimum Gasteiger partial charge on any atom is -0.351 e. The third-order valence-corrected chi connectivity index (χ3v) is 3.59. The van der Waals surface area contributed by atoms with Crippen molar-refractivity contribution in [3.63, 3.8) is 0 Å². The number of nitrogens with two attached hydrogens (primary N) is 1. The zero-order valence-electron chi connectivity index (χ0n) is 8.62. The fraction of sp³-hybridized carbons (Fsp3) is 0.778. The van der Waals surface area contributed by atoms with Crippen molar-refractivity contribution >= 4 is 23.7 Å². The molecule has 1 rings (SSSR count). The van der Waals surface area contributed by atoms with Crippen molar-refractivity contribution in [2.75, 3.05) is 18.8 Å². The summed E-state index contributed by atoms with van der Waals surface area (Å²) >= 11 is 1.94. The molecule has 86 valence electrons. The average molecular weight is 231 g/mol. The minimum absolute atomic E-state index is 0.153. The summed E-state index contributed by atoms with van der Waals surface area (Å²) in [6.45, 7) is 0.969. The Bertz CT molecular complexity index is 229. The van der Waals surface area contributed by atoms with Crippen LogP contribution in [0.15, 0.2) is 0 Å². The van der Waals surface area contributed by atoms with Crippen molar-refractivity contribution in [3.8, 4) is 0 Å². The number of rotatable bonds is 4. The number of hydrogen-bond donors (Lipinski definition) is 3. The van der Waals surface area contributed by atoms with Crippen LogP contribution in [0.5, 0.6) is 0 Å². The lowest BCUT2D eigenvalue weighted by Crippen LogP contribution is -2.42. The molecule has 5 nitrogen and oxygen atoms in total. The van der Waals surface area contributed by atoms with Gasteiger partial charge in [-0.05, 0) is 18.6 Å². The lowest BCUT2D eigenvalue weighted by molar-refractivity contribution is -0.119. The van der Waals surface area contributed by atoms with Crippen LogP contribution in [-0.4, -0.2) is 36.0 Å². The fourth-order valence-electron chi connectivity index (χ4n) is 1.50. The number of carbonyl (C=O) groups excluding carboxylic acids is 2. The number of amides is 3. The highest BCUT2D eigenvalue weighted by Crippen LogP contribution is 2.23. The number of urea groups is 1. The van der Waals surface area contributed by atoms with Crippen LogP contribution in [0, 0.1) is 0 Å². The molecular formula is C9H17N3O2S. The molecule has 15 heavy (non-hydrogen) atoms. The first kappa shape index (κ1) is 12.3. The first-order valence-electron chi connectivity index (χ1n) is 5.10. The molecule has 1 unspecified atom stereocenters. The van der Waals surface area contributed by atoms with Gasteiger partial charge in [-0.2, -0.15) is 11.8 Å². The summed E-state index contributed by atoms with van der Waals surface area (Å²) in [7, 11) is 0. The van der Waals surface area contributed by atoms with E-state index in [1.54, 1.807) is 0 Å². The van der Waals surface area contributed by atoms with Crippen LogP contribution in [0.1, 0.15) is 19.3 Å². The molecule has 0 radical (unpaired) electrons. The van der Waals surface area contributed by atoms with Crippen LogP contribution >= 0.6 is 11.8 Å². The molecular weight excluding hydrogens is 214 g/mol. The Morgan fingerprint density at radius 2 is 2.20 bits per heavy atom. The molecule has 3 amide bonds. The Labute approximate surface area is 93.5 Å². The second-order valence-corrected chi connectivity index (χ2v) is 4.94. The second kappa shape index (κ2) is 6.68. The summed E-state index contributed by atoms with van der Waals surface area (Å²) in [6.07, 6.45) is 3.77. The van der Waals surface area contributed by atoms with Crippen LogP contribution in [-0.2, 0) is 4.79 Å². The molecule has 6 heteroatoms. The molecule has 0 saturated carbocycles. The molecule has 1 aliphatic rings. The molecule has 0 aromatic rings. The topological polar surface area (TPSA) is 84.2 Å². The van der Waals surface area contributed by atoms with Gasteiger partial charge in [0.05, 0.1) is 6.54 Å². The SMILES string of the molecule is NC(=O)NC(=O)CNCC1CCCCS1. The lowest BCUT2D eigenvalue weighted by atomic mass is 10.2. The standard InChI is InChI=1S/C9H17N3O2S/c10-9(14)12-8(13)6-11-5-7-3-1-2-4-15-7/h7,11H,1-6H2,(H3,10,12,13,14). The molecule has 1 fully saturated rings. The summed E-state index contributed by atoms with van der Waals surface area (Å²) < 4.78 is 0. The summed E-state index contributed by atoms with van der Waals surface area (Å²) in [5.74, 6) is 0.836. The van der Waals surface area contributed by atoms with Gasteiger partial charge < -0.3 is 11.1 Å². The molecule has 1 saturated heterocycles. The fourth-order valence-corrected chi connectivity index (χ4v) is 2.77. The monoisotopic (exact) mass is 231 g/mol. The first-order chi connectivity index (χ1) is 7.18. The highest BCUT2D eigenvalue weighted by atomic mass is 32.2. The zero-order valence-corrected chi connectivity index (χ0v) is 9.44. The number of thioether (sulfide) groups is 1. The van der Waals surface area contributed by atoms with E-state index in [0.29, 0.717) is 5.25 Å². The Hall–Kier alpha value is -0.750. The van der Waals surface area contributed by atoms with Gasteiger partial charge in [-0.15, -0.1) is 0 Å². The van der Waals surface area contributed by atoms with Gasteiger partial charge in [-0.1, -0.05) is 6.42 Å². The van der Waals surface area contributed by atoms with Crippen LogP contribution in [0.3, 0.4) is 0 Å². The third-order valence-electron chi connectivity index (χ3n) is 2.19. The third kappa shape index (κ3) is 5.64. The van der Waals surface area contributed by atoms with E-state index in [-0.39, 0.29) is 12.5 Å². The Morgan fingerprint density at radius 3 is 2.80 bits per heavy atom.